The van der Waals surface area contributed by atoms with Gasteiger partial charge in [0.15, 0.2) is 0 Å². The summed E-state index contributed by atoms with van der Waals surface area (Å²) in [6.07, 6.45) is 3.23. The quantitative estimate of drug-likeness (QED) is 0.873. The third-order valence-electron chi connectivity index (χ3n) is 3.88. The van der Waals surface area contributed by atoms with Crippen LogP contribution in [0, 0.1) is 0 Å². The lowest BCUT2D eigenvalue weighted by Gasteiger charge is -2.12. The fourth-order valence-corrected chi connectivity index (χ4v) is 2.75. The van der Waals surface area contributed by atoms with Crippen LogP contribution in [0.4, 0.5) is 5.69 Å². The van der Waals surface area contributed by atoms with Crippen molar-refractivity contribution >= 4 is 11.7 Å². The number of nitrogens with zero attached hydrogens (tertiary/aromatic N) is 2. The molecule has 1 unspecified atom stereocenters. The van der Waals surface area contributed by atoms with Crippen molar-refractivity contribution in [3.8, 4) is 0 Å². The molecule has 0 spiro atoms. The summed E-state index contributed by atoms with van der Waals surface area (Å²) in [5.74, 6) is -0.435. The van der Waals surface area contributed by atoms with Crippen molar-refractivity contribution in [2.24, 2.45) is 0 Å². The van der Waals surface area contributed by atoms with Crippen LogP contribution in [0.1, 0.15) is 23.9 Å². The molecule has 2 N–H and O–H groups in total. The molecule has 0 saturated carbocycles. The minimum Gasteiger partial charge on any atom is -0.480 e. The summed E-state index contributed by atoms with van der Waals surface area (Å²) in [4.78, 5) is 27.8. The van der Waals surface area contributed by atoms with Gasteiger partial charge >= 0.3 is 5.97 Å². The number of fused-ring (bicyclic) bond motifs is 1. The van der Waals surface area contributed by atoms with Crippen molar-refractivity contribution < 1.29 is 9.90 Å². The molecule has 0 saturated heterocycles. The van der Waals surface area contributed by atoms with Crippen LogP contribution in [-0.4, -0.2) is 27.2 Å². The summed E-state index contributed by atoms with van der Waals surface area (Å²) in [5.41, 5.74) is 1.23. The number of hydrogen-bond donors (Lipinski definition) is 2. The summed E-state index contributed by atoms with van der Waals surface area (Å²) in [7, 11) is 0. The van der Waals surface area contributed by atoms with Gasteiger partial charge in [0, 0.05) is 13.0 Å². The molecule has 114 valence electrons. The molecule has 6 heteroatoms. The number of aryl methyl sites for hydroxylation is 1. The van der Waals surface area contributed by atoms with Gasteiger partial charge in [-0.1, -0.05) is 30.3 Å². The predicted molar refractivity (Wildman–Crippen MR) is 82.1 cm³/mol. The minimum atomic E-state index is -0.982. The second-order valence-electron chi connectivity index (χ2n) is 5.32. The molecule has 3 rings (SSSR count). The number of aliphatic carboxylic acids is 1. The highest BCUT2D eigenvalue weighted by molar-refractivity contribution is 5.72. The first-order chi connectivity index (χ1) is 10.7. The highest BCUT2D eigenvalue weighted by Crippen LogP contribution is 2.22. The molecule has 1 aliphatic rings. The van der Waals surface area contributed by atoms with Gasteiger partial charge in [0.05, 0.1) is 6.20 Å². The fraction of sp³-hybridized carbons (Fsp3) is 0.312. The average Bonchev–Trinajstić information content (AvgIpc) is 2.96. The van der Waals surface area contributed by atoms with Crippen LogP contribution in [0.2, 0.25) is 0 Å². The van der Waals surface area contributed by atoms with Crippen molar-refractivity contribution in [3.05, 3.63) is 58.3 Å². The summed E-state index contributed by atoms with van der Waals surface area (Å²) in [5, 5.41) is 12.3. The monoisotopic (exact) mass is 299 g/mol. The number of carboxylic acid groups (broad SMARTS) is 1. The topological polar surface area (TPSA) is 84.2 Å². The normalized spacial score (nSPS) is 16.3. The first-order valence-corrected chi connectivity index (χ1v) is 7.28. The van der Waals surface area contributed by atoms with Gasteiger partial charge in [0.25, 0.3) is 5.56 Å². The van der Waals surface area contributed by atoms with Gasteiger partial charge in [-0.25, -0.2) is 9.78 Å². The molecule has 0 amide bonds. The number of nitrogens with one attached hydrogen (secondary N) is 1. The number of anilines is 1. The maximum absolute atomic E-state index is 12.4. The van der Waals surface area contributed by atoms with E-state index in [1.54, 1.807) is 0 Å². The predicted octanol–water partition coefficient (Wildman–Crippen LogP) is 1.47. The Morgan fingerprint density at radius 1 is 1.36 bits per heavy atom. The highest BCUT2D eigenvalue weighted by Gasteiger charge is 2.30. The highest BCUT2D eigenvalue weighted by atomic mass is 16.4. The summed E-state index contributed by atoms with van der Waals surface area (Å²) in [6, 6.07) is 9.15. The number of aromatic nitrogens is 2. The van der Waals surface area contributed by atoms with E-state index in [0.29, 0.717) is 30.9 Å². The lowest BCUT2D eigenvalue weighted by molar-refractivity contribution is -0.140. The zero-order valence-corrected chi connectivity index (χ0v) is 12.0. The van der Waals surface area contributed by atoms with Crippen LogP contribution in [0.15, 0.2) is 41.3 Å². The van der Waals surface area contributed by atoms with Gasteiger partial charge in [-0.3, -0.25) is 9.36 Å². The molecular formula is C16H17N3O3. The summed E-state index contributed by atoms with van der Waals surface area (Å²) >= 11 is 0. The van der Waals surface area contributed by atoms with E-state index in [1.807, 2.05) is 30.3 Å². The first kappa shape index (κ1) is 14.3. The maximum Gasteiger partial charge on any atom is 0.326 e. The van der Waals surface area contributed by atoms with Crippen molar-refractivity contribution in [1.29, 1.82) is 0 Å². The third kappa shape index (κ3) is 2.72. The molecule has 0 bridgehead atoms. The van der Waals surface area contributed by atoms with E-state index in [9.17, 15) is 14.7 Å². The molecular weight excluding hydrogens is 282 g/mol. The lowest BCUT2D eigenvalue weighted by Crippen LogP contribution is -2.30. The molecule has 22 heavy (non-hydrogen) atoms. The van der Waals surface area contributed by atoms with Crippen molar-refractivity contribution in [2.75, 3.05) is 11.9 Å². The van der Waals surface area contributed by atoms with E-state index < -0.39 is 12.0 Å². The van der Waals surface area contributed by atoms with Gasteiger partial charge in [-0.2, -0.15) is 0 Å². The van der Waals surface area contributed by atoms with E-state index in [2.05, 4.69) is 10.3 Å². The van der Waals surface area contributed by atoms with Crippen LogP contribution < -0.4 is 10.9 Å². The van der Waals surface area contributed by atoms with Gasteiger partial charge in [0.2, 0.25) is 0 Å². The molecule has 0 radical (unpaired) electrons. The molecule has 1 aromatic carbocycles. The fourth-order valence-electron chi connectivity index (χ4n) is 2.75. The maximum atomic E-state index is 12.4. The summed E-state index contributed by atoms with van der Waals surface area (Å²) in [6.45, 7) is 0.595. The molecule has 1 aliphatic heterocycles. The Morgan fingerprint density at radius 3 is 2.86 bits per heavy atom. The van der Waals surface area contributed by atoms with Crippen molar-refractivity contribution in [3.63, 3.8) is 0 Å². The second kappa shape index (κ2) is 6.01. The van der Waals surface area contributed by atoms with E-state index >= 15 is 0 Å². The zero-order chi connectivity index (χ0) is 15.5. The minimum absolute atomic E-state index is 0.303. The van der Waals surface area contributed by atoms with Crippen LogP contribution in [0.5, 0.6) is 0 Å². The Labute approximate surface area is 127 Å². The number of carbonyl (C=O) groups is 1. The molecule has 1 aromatic heterocycles. The van der Waals surface area contributed by atoms with E-state index in [0.717, 1.165) is 6.42 Å². The SMILES string of the molecule is O=C(O)C1CCc2ncc(NCCc3ccccc3)c(=O)n21. The van der Waals surface area contributed by atoms with Gasteiger partial charge in [-0.15, -0.1) is 0 Å². The van der Waals surface area contributed by atoms with Crippen LogP contribution in [0.25, 0.3) is 0 Å². The molecule has 2 heterocycles. The Balaban J connectivity index is 1.74. The number of rotatable bonds is 5. The van der Waals surface area contributed by atoms with Gasteiger partial charge in [0.1, 0.15) is 17.6 Å². The lowest BCUT2D eigenvalue weighted by atomic mass is 10.1. The first-order valence-electron chi connectivity index (χ1n) is 7.28. The smallest absolute Gasteiger partial charge is 0.326 e. The van der Waals surface area contributed by atoms with Crippen LogP contribution >= 0.6 is 0 Å². The molecule has 6 nitrogen and oxygen atoms in total. The van der Waals surface area contributed by atoms with Crippen molar-refractivity contribution in [2.45, 2.75) is 25.3 Å². The largest absolute Gasteiger partial charge is 0.480 e. The Kier molecular flexibility index (Phi) is 3.91. The van der Waals surface area contributed by atoms with E-state index in [4.69, 9.17) is 0 Å². The van der Waals surface area contributed by atoms with E-state index in [1.165, 1.54) is 16.3 Å². The Bertz CT molecular complexity index is 740. The molecule has 0 fully saturated rings. The molecule has 0 aliphatic carbocycles. The second-order valence-corrected chi connectivity index (χ2v) is 5.32. The van der Waals surface area contributed by atoms with Crippen molar-refractivity contribution in [1.82, 2.24) is 9.55 Å². The Morgan fingerprint density at radius 2 is 2.14 bits per heavy atom. The van der Waals surface area contributed by atoms with Gasteiger partial charge in [-0.05, 0) is 18.4 Å². The standard InChI is InChI=1S/C16H17N3O3/c20-15-12(17-9-8-11-4-2-1-3-5-11)10-18-14-7-6-13(16(21)22)19(14)15/h1-5,10,13,17H,6-9H2,(H,21,22). The third-order valence-corrected chi connectivity index (χ3v) is 3.88. The summed E-state index contributed by atoms with van der Waals surface area (Å²) < 4.78 is 1.30. The average molecular weight is 299 g/mol. The zero-order valence-electron chi connectivity index (χ0n) is 12.0. The number of benzene rings is 1. The number of hydrogen-bond acceptors (Lipinski definition) is 4. The molecule has 2 aromatic rings. The number of carboxylic acids is 1. The van der Waals surface area contributed by atoms with Gasteiger partial charge < -0.3 is 10.4 Å². The molecule has 1 atom stereocenters. The van der Waals surface area contributed by atoms with Crippen LogP contribution in [0.3, 0.4) is 0 Å². The van der Waals surface area contributed by atoms with E-state index in [-0.39, 0.29) is 5.56 Å². The Hall–Kier alpha value is -2.63. The van der Waals surface area contributed by atoms with Crippen LogP contribution in [-0.2, 0) is 17.6 Å².